The van der Waals surface area contributed by atoms with Gasteiger partial charge in [0.2, 0.25) is 5.75 Å². The van der Waals surface area contributed by atoms with Crippen molar-refractivity contribution in [2.45, 2.75) is 31.6 Å². The first-order valence-electron chi connectivity index (χ1n) is 8.22. The Morgan fingerprint density at radius 2 is 2.16 bits per heavy atom. The molecule has 8 nitrogen and oxygen atoms in total. The van der Waals surface area contributed by atoms with Crippen LogP contribution in [0.25, 0.3) is 0 Å². The van der Waals surface area contributed by atoms with Crippen LogP contribution in [0.3, 0.4) is 0 Å². The van der Waals surface area contributed by atoms with Crippen molar-refractivity contribution in [1.29, 1.82) is 0 Å². The van der Waals surface area contributed by atoms with Gasteiger partial charge in [0.1, 0.15) is 0 Å². The molecule has 0 radical (unpaired) electrons. The Balaban J connectivity index is 1.54. The number of rotatable bonds is 4. The van der Waals surface area contributed by atoms with Crippen molar-refractivity contribution in [3.05, 3.63) is 37.6 Å². The highest BCUT2D eigenvalue weighted by Crippen LogP contribution is 2.52. The molecule has 2 heterocycles. The number of hydrogen-bond acceptors (Lipinski definition) is 6. The van der Waals surface area contributed by atoms with E-state index in [1.807, 2.05) is 10.4 Å². The van der Waals surface area contributed by atoms with E-state index in [2.05, 4.69) is 15.3 Å². The number of hydrogen-bond donors (Lipinski definition) is 3. The molecular formula is C16H18N4O4S. The summed E-state index contributed by atoms with van der Waals surface area (Å²) in [5, 5.41) is 5.08. The predicted octanol–water partition coefficient (Wildman–Crippen LogP) is 1.68. The van der Waals surface area contributed by atoms with E-state index in [4.69, 9.17) is 4.74 Å². The minimum absolute atomic E-state index is 0.215. The summed E-state index contributed by atoms with van der Waals surface area (Å²) >= 11 is 1.35. The van der Waals surface area contributed by atoms with Gasteiger partial charge in [-0.05, 0) is 31.1 Å². The standard InChI is InChI=1S/C16H18N4O4S/c1-24-12-11(18-15(23)19-14(12)22)13(21)20-16-17-10(6-25-16)9-5-7-2-3-8(9)4-7/h6-9H,2-5H2,1H3,(H,17,20,21)(H2,18,19,22,23). The number of fused-ring (bicyclic) bond motifs is 2. The van der Waals surface area contributed by atoms with Crippen molar-refractivity contribution in [2.24, 2.45) is 11.8 Å². The minimum atomic E-state index is -0.766. The number of ether oxygens (including phenoxy) is 1. The maximum absolute atomic E-state index is 12.4. The van der Waals surface area contributed by atoms with Gasteiger partial charge >= 0.3 is 5.69 Å². The second-order valence-corrected chi connectivity index (χ2v) is 7.49. The zero-order chi connectivity index (χ0) is 17.6. The molecule has 3 atom stereocenters. The number of thiazole rings is 1. The zero-order valence-electron chi connectivity index (χ0n) is 13.6. The number of amides is 1. The number of aromatic nitrogens is 3. The molecule has 2 aliphatic carbocycles. The molecule has 2 aromatic heterocycles. The first kappa shape index (κ1) is 16.1. The van der Waals surface area contributed by atoms with Gasteiger partial charge < -0.3 is 4.74 Å². The van der Waals surface area contributed by atoms with Crippen LogP contribution in [-0.2, 0) is 0 Å². The maximum atomic E-state index is 12.4. The first-order valence-corrected chi connectivity index (χ1v) is 9.10. The Morgan fingerprint density at radius 3 is 2.84 bits per heavy atom. The van der Waals surface area contributed by atoms with Crippen molar-refractivity contribution in [1.82, 2.24) is 15.0 Å². The summed E-state index contributed by atoms with van der Waals surface area (Å²) in [6.07, 6.45) is 5.05. The van der Waals surface area contributed by atoms with Crippen LogP contribution in [-0.4, -0.2) is 28.0 Å². The van der Waals surface area contributed by atoms with Gasteiger partial charge in [-0.15, -0.1) is 11.3 Å². The van der Waals surface area contributed by atoms with E-state index in [0.29, 0.717) is 17.0 Å². The van der Waals surface area contributed by atoms with Gasteiger partial charge in [-0.2, -0.15) is 0 Å². The molecule has 2 aliphatic rings. The topological polar surface area (TPSA) is 117 Å². The number of H-pyrrole nitrogens is 2. The lowest BCUT2D eigenvalue weighted by Gasteiger charge is -2.19. The molecule has 0 saturated heterocycles. The summed E-state index contributed by atoms with van der Waals surface area (Å²) in [5.74, 6) is 1.14. The van der Waals surface area contributed by atoms with Crippen molar-refractivity contribution in [3.8, 4) is 5.75 Å². The minimum Gasteiger partial charge on any atom is -0.489 e. The predicted molar refractivity (Wildman–Crippen MR) is 92.5 cm³/mol. The van der Waals surface area contributed by atoms with Gasteiger partial charge in [-0.25, -0.2) is 9.78 Å². The van der Waals surface area contributed by atoms with Gasteiger partial charge in [0.15, 0.2) is 10.8 Å². The van der Waals surface area contributed by atoms with Gasteiger partial charge in [-0.3, -0.25) is 24.9 Å². The number of carbonyl (C=O) groups is 1. The summed E-state index contributed by atoms with van der Waals surface area (Å²) in [5.41, 5.74) is -0.706. The quantitative estimate of drug-likeness (QED) is 0.765. The third-order valence-electron chi connectivity index (χ3n) is 5.19. The average molecular weight is 362 g/mol. The van der Waals surface area contributed by atoms with Crippen LogP contribution in [0.5, 0.6) is 5.75 Å². The summed E-state index contributed by atoms with van der Waals surface area (Å²) in [7, 11) is 1.26. The molecular weight excluding hydrogens is 344 g/mol. The average Bonchev–Trinajstić information content (AvgIpc) is 3.30. The number of carbonyl (C=O) groups excluding carboxylic acids is 1. The SMILES string of the molecule is COc1c(C(=O)Nc2nc(C3CC4CCC3C4)cs2)[nH]c(=O)[nH]c1=O. The van der Waals surface area contributed by atoms with E-state index in [0.717, 1.165) is 11.6 Å². The molecule has 2 saturated carbocycles. The second kappa shape index (κ2) is 6.14. The van der Waals surface area contributed by atoms with Crippen molar-refractivity contribution >= 4 is 22.4 Å². The lowest BCUT2D eigenvalue weighted by Crippen LogP contribution is -2.29. The molecule has 1 amide bonds. The van der Waals surface area contributed by atoms with E-state index < -0.39 is 17.2 Å². The van der Waals surface area contributed by atoms with Crippen LogP contribution in [0, 0.1) is 11.8 Å². The van der Waals surface area contributed by atoms with Gasteiger partial charge in [-0.1, -0.05) is 6.42 Å². The molecule has 9 heteroatoms. The summed E-state index contributed by atoms with van der Waals surface area (Å²) in [6.45, 7) is 0. The lowest BCUT2D eigenvalue weighted by molar-refractivity contribution is 0.101. The first-order chi connectivity index (χ1) is 12.0. The largest absolute Gasteiger partial charge is 0.489 e. The van der Waals surface area contributed by atoms with Crippen LogP contribution < -0.4 is 21.3 Å². The molecule has 3 N–H and O–H groups in total. The molecule has 2 aromatic rings. The van der Waals surface area contributed by atoms with Crippen LogP contribution in [0.15, 0.2) is 15.0 Å². The zero-order valence-corrected chi connectivity index (χ0v) is 14.4. The van der Waals surface area contributed by atoms with Gasteiger partial charge in [0.25, 0.3) is 11.5 Å². The monoisotopic (exact) mass is 362 g/mol. The van der Waals surface area contributed by atoms with Crippen LogP contribution in [0.1, 0.15) is 47.8 Å². The van der Waals surface area contributed by atoms with Crippen molar-refractivity contribution < 1.29 is 9.53 Å². The highest BCUT2D eigenvalue weighted by molar-refractivity contribution is 7.14. The number of nitrogens with zero attached hydrogens (tertiary/aromatic N) is 1. The second-order valence-electron chi connectivity index (χ2n) is 6.63. The molecule has 25 heavy (non-hydrogen) atoms. The Hall–Kier alpha value is -2.42. The van der Waals surface area contributed by atoms with E-state index in [9.17, 15) is 14.4 Å². The van der Waals surface area contributed by atoms with Crippen LogP contribution in [0.4, 0.5) is 5.13 Å². The highest BCUT2D eigenvalue weighted by Gasteiger charge is 2.41. The van der Waals surface area contributed by atoms with E-state index in [-0.39, 0.29) is 11.4 Å². The van der Waals surface area contributed by atoms with Crippen LogP contribution >= 0.6 is 11.3 Å². The Labute approximate surface area is 146 Å². The fraction of sp³-hybridized carbons (Fsp3) is 0.500. The molecule has 2 bridgehead atoms. The van der Waals surface area contributed by atoms with Gasteiger partial charge in [0, 0.05) is 11.3 Å². The highest BCUT2D eigenvalue weighted by atomic mass is 32.1. The fourth-order valence-corrected chi connectivity index (χ4v) is 4.88. The van der Waals surface area contributed by atoms with E-state index >= 15 is 0 Å². The molecule has 2 fully saturated rings. The molecule has 0 aromatic carbocycles. The van der Waals surface area contributed by atoms with Crippen molar-refractivity contribution in [3.63, 3.8) is 0 Å². The number of anilines is 1. The Morgan fingerprint density at radius 1 is 1.32 bits per heavy atom. The van der Waals surface area contributed by atoms with Gasteiger partial charge in [0.05, 0.1) is 12.8 Å². The number of nitrogens with one attached hydrogen (secondary N) is 3. The molecule has 132 valence electrons. The number of methoxy groups -OCH3 is 1. The van der Waals surface area contributed by atoms with E-state index in [1.54, 1.807) is 0 Å². The Bertz CT molecular complexity index is 931. The third-order valence-corrected chi connectivity index (χ3v) is 5.97. The summed E-state index contributed by atoms with van der Waals surface area (Å²) in [4.78, 5) is 44.4. The summed E-state index contributed by atoms with van der Waals surface area (Å²) < 4.78 is 4.92. The fourth-order valence-electron chi connectivity index (χ4n) is 4.11. The smallest absolute Gasteiger partial charge is 0.326 e. The van der Waals surface area contributed by atoms with Crippen molar-refractivity contribution in [2.75, 3.05) is 12.4 Å². The Kier molecular flexibility index (Phi) is 3.95. The lowest BCUT2D eigenvalue weighted by atomic mass is 9.87. The third kappa shape index (κ3) is 2.88. The molecule has 4 rings (SSSR count). The van der Waals surface area contributed by atoms with Crippen LogP contribution in [0.2, 0.25) is 0 Å². The maximum Gasteiger partial charge on any atom is 0.326 e. The molecule has 0 spiro atoms. The van der Waals surface area contributed by atoms with E-state index in [1.165, 1.54) is 44.1 Å². The normalized spacial score (nSPS) is 24.4. The molecule has 0 aliphatic heterocycles. The molecule has 3 unspecified atom stereocenters. The summed E-state index contributed by atoms with van der Waals surface area (Å²) in [6, 6.07) is 0. The number of aromatic amines is 2.